The largest absolute Gasteiger partial charge is 0.350 e. The van der Waals surface area contributed by atoms with E-state index in [1.165, 1.54) is 11.3 Å². The molecule has 0 bridgehead atoms. The molecule has 1 saturated carbocycles. The van der Waals surface area contributed by atoms with Gasteiger partial charge in [-0.3, -0.25) is 9.59 Å². The van der Waals surface area contributed by atoms with Gasteiger partial charge in [0.1, 0.15) is 12.2 Å². The number of piperazine rings is 1. The normalized spacial score (nSPS) is 27.6. The van der Waals surface area contributed by atoms with E-state index in [-0.39, 0.29) is 30.4 Å². The van der Waals surface area contributed by atoms with Crippen LogP contribution in [0.1, 0.15) is 36.2 Å². The molecule has 0 unspecified atom stereocenters. The zero-order chi connectivity index (χ0) is 12.5. The first-order valence-electron chi connectivity index (χ1n) is 6.24. The quantitative estimate of drug-likeness (QED) is 0.825. The zero-order valence-corrected chi connectivity index (χ0v) is 10.8. The molecule has 2 amide bonds. The molecule has 3 rings (SSSR count). The van der Waals surface area contributed by atoms with Gasteiger partial charge in [-0.1, -0.05) is 12.8 Å². The molecule has 18 heavy (non-hydrogen) atoms. The molecular weight excluding hydrogens is 250 g/mol. The van der Waals surface area contributed by atoms with Crippen molar-refractivity contribution < 1.29 is 9.59 Å². The van der Waals surface area contributed by atoms with Crippen LogP contribution < -0.4 is 5.32 Å². The van der Waals surface area contributed by atoms with E-state index in [1.807, 2.05) is 0 Å². The summed E-state index contributed by atoms with van der Waals surface area (Å²) < 4.78 is 0. The minimum Gasteiger partial charge on any atom is -0.350 e. The summed E-state index contributed by atoms with van der Waals surface area (Å²) in [6, 6.07) is 0.272. The highest BCUT2D eigenvalue weighted by Crippen LogP contribution is 2.26. The minimum absolute atomic E-state index is 0.0540. The van der Waals surface area contributed by atoms with Crippen molar-refractivity contribution in [3.05, 3.63) is 16.6 Å². The molecular formula is C12H15N3O2S. The molecule has 2 aliphatic rings. The van der Waals surface area contributed by atoms with Crippen LogP contribution >= 0.6 is 11.3 Å². The van der Waals surface area contributed by atoms with Gasteiger partial charge in [-0.15, -0.1) is 11.3 Å². The first-order valence-corrected chi connectivity index (χ1v) is 7.18. The van der Waals surface area contributed by atoms with E-state index >= 15 is 0 Å². The maximum absolute atomic E-state index is 12.4. The Balaban J connectivity index is 1.84. The van der Waals surface area contributed by atoms with Crippen molar-refractivity contribution in [1.29, 1.82) is 0 Å². The molecule has 1 aromatic rings. The van der Waals surface area contributed by atoms with Crippen molar-refractivity contribution in [2.45, 2.75) is 37.8 Å². The lowest BCUT2D eigenvalue weighted by Crippen LogP contribution is -2.62. The van der Waals surface area contributed by atoms with E-state index in [0.717, 1.165) is 25.7 Å². The topological polar surface area (TPSA) is 62.3 Å². The lowest BCUT2D eigenvalue weighted by Gasteiger charge is -2.43. The molecule has 96 valence electrons. The van der Waals surface area contributed by atoms with Gasteiger partial charge in [-0.2, -0.15) is 0 Å². The van der Waals surface area contributed by atoms with Crippen LogP contribution in [0.5, 0.6) is 0 Å². The fourth-order valence-corrected chi connectivity index (χ4v) is 3.39. The van der Waals surface area contributed by atoms with Crippen LogP contribution in [0, 0.1) is 0 Å². The van der Waals surface area contributed by atoms with Crippen LogP contribution in [0.3, 0.4) is 0 Å². The Kier molecular flexibility index (Phi) is 3.03. The van der Waals surface area contributed by atoms with E-state index in [0.29, 0.717) is 5.69 Å². The average Bonchev–Trinajstić information content (AvgIpc) is 2.90. The summed E-state index contributed by atoms with van der Waals surface area (Å²) >= 11 is 1.40. The molecule has 0 aromatic carbocycles. The highest BCUT2D eigenvalue weighted by atomic mass is 32.1. The monoisotopic (exact) mass is 265 g/mol. The fourth-order valence-electron chi connectivity index (χ4n) is 2.86. The van der Waals surface area contributed by atoms with Gasteiger partial charge >= 0.3 is 0 Å². The van der Waals surface area contributed by atoms with Crippen molar-refractivity contribution in [1.82, 2.24) is 15.2 Å². The molecule has 6 heteroatoms. The van der Waals surface area contributed by atoms with Gasteiger partial charge in [0, 0.05) is 11.4 Å². The number of thiazole rings is 1. The Morgan fingerprint density at radius 1 is 1.44 bits per heavy atom. The van der Waals surface area contributed by atoms with Gasteiger partial charge in [0.2, 0.25) is 5.91 Å². The molecule has 1 saturated heterocycles. The van der Waals surface area contributed by atoms with Gasteiger partial charge in [-0.25, -0.2) is 4.98 Å². The summed E-state index contributed by atoms with van der Waals surface area (Å²) in [4.78, 5) is 29.8. The van der Waals surface area contributed by atoms with Crippen LogP contribution in [-0.2, 0) is 4.79 Å². The van der Waals surface area contributed by atoms with E-state index in [4.69, 9.17) is 0 Å². The highest BCUT2D eigenvalue weighted by molar-refractivity contribution is 7.07. The van der Waals surface area contributed by atoms with Crippen molar-refractivity contribution in [2.24, 2.45) is 0 Å². The number of fused-ring (bicyclic) bond motifs is 1. The summed E-state index contributed by atoms with van der Waals surface area (Å²) in [6.45, 7) is 0.164. The summed E-state index contributed by atoms with van der Waals surface area (Å²) in [7, 11) is 0. The maximum atomic E-state index is 12.4. The third-order valence-electron chi connectivity index (χ3n) is 3.70. The molecule has 1 aromatic heterocycles. The Hall–Kier alpha value is -1.43. The first kappa shape index (κ1) is 11.6. The molecule has 0 spiro atoms. The highest BCUT2D eigenvalue weighted by Gasteiger charge is 2.39. The Bertz CT molecular complexity index is 460. The Labute approximate surface area is 109 Å². The molecule has 1 aliphatic carbocycles. The fraction of sp³-hybridized carbons (Fsp3) is 0.583. The molecule has 5 nitrogen and oxygen atoms in total. The smallest absolute Gasteiger partial charge is 0.274 e. The van der Waals surface area contributed by atoms with Crippen LogP contribution in [0.15, 0.2) is 10.9 Å². The van der Waals surface area contributed by atoms with Crippen molar-refractivity contribution in [3.8, 4) is 0 Å². The second kappa shape index (κ2) is 4.68. The van der Waals surface area contributed by atoms with Crippen molar-refractivity contribution >= 4 is 23.2 Å². The number of aromatic nitrogens is 1. The standard InChI is InChI=1S/C12H15N3O2S/c16-11-5-15(12(17)9-6-18-7-13-9)10-4-2-1-3-8(10)14-11/h6-8,10H,1-5H2,(H,14,16)/t8-,10-/m0/s1. The van der Waals surface area contributed by atoms with Crippen LogP contribution in [0.25, 0.3) is 0 Å². The Morgan fingerprint density at radius 3 is 3.06 bits per heavy atom. The maximum Gasteiger partial charge on any atom is 0.274 e. The van der Waals surface area contributed by atoms with Gasteiger partial charge in [0.05, 0.1) is 11.6 Å². The second-order valence-corrected chi connectivity index (χ2v) is 5.55. The number of nitrogens with one attached hydrogen (secondary N) is 1. The molecule has 1 aliphatic heterocycles. The van der Waals surface area contributed by atoms with Gasteiger partial charge in [-0.05, 0) is 12.8 Å². The van der Waals surface area contributed by atoms with Gasteiger partial charge < -0.3 is 10.2 Å². The van der Waals surface area contributed by atoms with Crippen molar-refractivity contribution in [3.63, 3.8) is 0 Å². The number of carbonyl (C=O) groups is 2. The van der Waals surface area contributed by atoms with E-state index in [9.17, 15) is 9.59 Å². The molecule has 2 fully saturated rings. The summed E-state index contributed by atoms with van der Waals surface area (Å²) in [6.07, 6.45) is 4.19. The predicted octanol–water partition coefficient (Wildman–Crippen LogP) is 1.03. The Morgan fingerprint density at radius 2 is 2.28 bits per heavy atom. The lowest BCUT2D eigenvalue weighted by molar-refractivity contribution is -0.127. The lowest BCUT2D eigenvalue weighted by atomic mass is 9.87. The molecule has 1 N–H and O–H groups in total. The number of carbonyl (C=O) groups excluding carboxylic acids is 2. The predicted molar refractivity (Wildman–Crippen MR) is 67.3 cm³/mol. The SMILES string of the molecule is O=C1CN(C(=O)c2cscn2)[C@H]2CCCC[C@@H]2N1. The summed E-state index contributed by atoms with van der Waals surface area (Å²) in [5.41, 5.74) is 2.11. The number of hydrogen-bond acceptors (Lipinski definition) is 4. The zero-order valence-electron chi connectivity index (χ0n) is 9.96. The second-order valence-electron chi connectivity index (χ2n) is 4.83. The summed E-state index contributed by atoms with van der Waals surface area (Å²) in [5, 5.41) is 4.74. The number of nitrogens with zero attached hydrogens (tertiary/aromatic N) is 2. The first-order chi connectivity index (χ1) is 8.75. The summed E-state index contributed by atoms with van der Waals surface area (Å²) in [5.74, 6) is -0.162. The average molecular weight is 265 g/mol. The van der Waals surface area contributed by atoms with Crippen LogP contribution in [0.2, 0.25) is 0 Å². The van der Waals surface area contributed by atoms with E-state index < -0.39 is 0 Å². The van der Waals surface area contributed by atoms with Crippen molar-refractivity contribution in [2.75, 3.05) is 6.54 Å². The molecule has 0 radical (unpaired) electrons. The van der Waals surface area contributed by atoms with Gasteiger partial charge in [0.15, 0.2) is 0 Å². The third-order valence-corrected chi connectivity index (χ3v) is 4.29. The van der Waals surface area contributed by atoms with E-state index in [1.54, 1.807) is 15.8 Å². The van der Waals surface area contributed by atoms with Crippen LogP contribution in [-0.4, -0.2) is 40.3 Å². The third kappa shape index (κ3) is 2.01. The number of amides is 2. The number of rotatable bonds is 1. The minimum atomic E-state index is -0.108. The molecule has 2 atom stereocenters. The van der Waals surface area contributed by atoms with Crippen LogP contribution in [0.4, 0.5) is 0 Å². The molecule has 2 heterocycles. The number of hydrogen-bond donors (Lipinski definition) is 1. The van der Waals surface area contributed by atoms with E-state index in [2.05, 4.69) is 10.3 Å². The van der Waals surface area contributed by atoms with Gasteiger partial charge in [0.25, 0.3) is 5.91 Å².